The molecule has 0 atom stereocenters. The van der Waals surface area contributed by atoms with Crippen molar-refractivity contribution in [1.82, 2.24) is 0 Å². The van der Waals surface area contributed by atoms with Crippen LogP contribution in [0.2, 0.25) is 0 Å². The van der Waals surface area contributed by atoms with Crippen LogP contribution in [0.15, 0.2) is 42.5 Å². The first-order valence-corrected chi connectivity index (χ1v) is 5.03. The molecule has 0 aliphatic heterocycles. The van der Waals surface area contributed by atoms with E-state index in [1.54, 1.807) is 0 Å². The zero-order valence-corrected chi connectivity index (χ0v) is 8.75. The molecule has 1 N–H and O–H groups in total. The van der Waals surface area contributed by atoms with E-state index in [0.717, 1.165) is 5.69 Å². The zero-order chi connectivity index (χ0) is 10.5. The number of hydrogen-bond donors (Lipinski definition) is 1. The summed E-state index contributed by atoms with van der Waals surface area (Å²) in [6, 6.07) is 14.6. The molecule has 0 heterocycles. The van der Waals surface area contributed by atoms with Crippen LogP contribution < -0.4 is 5.32 Å². The highest BCUT2D eigenvalue weighted by Gasteiger charge is 1.97. The Kier molecular flexibility index (Phi) is 2.90. The normalized spacial score (nSPS) is 9.40. The van der Waals surface area contributed by atoms with E-state index in [0.29, 0.717) is 6.54 Å². The lowest BCUT2D eigenvalue weighted by Crippen LogP contribution is -1.98. The summed E-state index contributed by atoms with van der Waals surface area (Å²) in [7, 11) is 0. The molecule has 0 saturated heterocycles. The smallest absolute Gasteiger partial charge is 0.0766 e. The molecule has 0 spiro atoms. The fourth-order valence-electron chi connectivity index (χ4n) is 1.61. The van der Waals surface area contributed by atoms with Gasteiger partial charge in [0.2, 0.25) is 0 Å². The van der Waals surface area contributed by atoms with E-state index in [9.17, 15) is 0 Å². The van der Waals surface area contributed by atoms with E-state index in [1.807, 2.05) is 6.92 Å². The van der Waals surface area contributed by atoms with Gasteiger partial charge in [-0.2, -0.15) is 0 Å². The van der Waals surface area contributed by atoms with Crippen LogP contribution in [0.3, 0.4) is 0 Å². The zero-order valence-electron chi connectivity index (χ0n) is 8.75. The predicted octanol–water partition coefficient (Wildman–Crippen LogP) is 3.28. The van der Waals surface area contributed by atoms with Gasteiger partial charge in [-0.15, -0.1) is 5.92 Å². The highest BCUT2D eigenvalue weighted by Crippen LogP contribution is 2.22. The summed E-state index contributed by atoms with van der Waals surface area (Å²) in [5, 5.41) is 5.82. The molecule has 2 aromatic rings. The van der Waals surface area contributed by atoms with Crippen LogP contribution >= 0.6 is 0 Å². The highest BCUT2D eigenvalue weighted by molar-refractivity contribution is 5.93. The van der Waals surface area contributed by atoms with Gasteiger partial charge in [-0.1, -0.05) is 42.3 Å². The summed E-state index contributed by atoms with van der Waals surface area (Å²) in [4.78, 5) is 0. The third-order valence-electron chi connectivity index (χ3n) is 2.33. The Morgan fingerprint density at radius 3 is 2.73 bits per heavy atom. The van der Waals surface area contributed by atoms with Gasteiger partial charge in [0.15, 0.2) is 0 Å². The van der Waals surface area contributed by atoms with Crippen molar-refractivity contribution in [2.24, 2.45) is 0 Å². The highest BCUT2D eigenvalue weighted by atomic mass is 14.9. The molecule has 0 bridgehead atoms. The first-order chi connectivity index (χ1) is 7.42. The molecule has 1 nitrogen and oxygen atoms in total. The van der Waals surface area contributed by atoms with E-state index in [2.05, 4.69) is 59.6 Å². The Labute approximate surface area is 90.1 Å². The number of benzene rings is 2. The van der Waals surface area contributed by atoms with Crippen LogP contribution in [-0.2, 0) is 0 Å². The summed E-state index contributed by atoms with van der Waals surface area (Å²) < 4.78 is 0. The number of anilines is 1. The van der Waals surface area contributed by atoms with Gasteiger partial charge < -0.3 is 5.32 Å². The molecule has 15 heavy (non-hydrogen) atoms. The molecule has 0 amide bonds. The average molecular weight is 195 g/mol. The van der Waals surface area contributed by atoms with Crippen molar-refractivity contribution in [3.8, 4) is 11.8 Å². The van der Waals surface area contributed by atoms with E-state index in [-0.39, 0.29) is 0 Å². The van der Waals surface area contributed by atoms with Crippen molar-refractivity contribution < 1.29 is 0 Å². The van der Waals surface area contributed by atoms with Crippen molar-refractivity contribution in [1.29, 1.82) is 0 Å². The molecule has 1 heteroatoms. The average Bonchev–Trinajstić information content (AvgIpc) is 2.30. The van der Waals surface area contributed by atoms with Gasteiger partial charge in [-0.25, -0.2) is 0 Å². The van der Waals surface area contributed by atoms with Crippen molar-refractivity contribution in [2.45, 2.75) is 6.92 Å². The molecular formula is C14H13N. The van der Waals surface area contributed by atoms with E-state index in [4.69, 9.17) is 0 Å². The van der Waals surface area contributed by atoms with Crippen molar-refractivity contribution in [3.63, 3.8) is 0 Å². The maximum Gasteiger partial charge on any atom is 0.0766 e. The van der Waals surface area contributed by atoms with E-state index in [1.165, 1.54) is 10.8 Å². The number of hydrogen-bond acceptors (Lipinski definition) is 1. The van der Waals surface area contributed by atoms with Crippen molar-refractivity contribution in [2.75, 3.05) is 11.9 Å². The molecular weight excluding hydrogens is 182 g/mol. The maximum atomic E-state index is 3.31. The van der Waals surface area contributed by atoms with Crippen LogP contribution in [0.4, 0.5) is 5.69 Å². The van der Waals surface area contributed by atoms with E-state index >= 15 is 0 Å². The third kappa shape index (κ3) is 2.11. The lowest BCUT2D eigenvalue weighted by molar-refractivity contribution is 1.39. The minimum absolute atomic E-state index is 0.699. The quantitative estimate of drug-likeness (QED) is 0.725. The summed E-state index contributed by atoms with van der Waals surface area (Å²) >= 11 is 0. The fourth-order valence-corrected chi connectivity index (χ4v) is 1.61. The lowest BCUT2D eigenvalue weighted by atomic mass is 10.1. The molecule has 0 aromatic heterocycles. The van der Waals surface area contributed by atoms with Gasteiger partial charge in [-0.05, 0) is 18.4 Å². The van der Waals surface area contributed by atoms with Gasteiger partial charge in [0.05, 0.1) is 6.54 Å². The molecule has 0 aliphatic rings. The third-order valence-corrected chi connectivity index (χ3v) is 2.33. The first kappa shape index (κ1) is 9.61. The molecule has 0 radical (unpaired) electrons. The SMILES string of the molecule is CC#CCNc1cccc2ccccc12. The van der Waals surface area contributed by atoms with Crippen molar-refractivity contribution in [3.05, 3.63) is 42.5 Å². The van der Waals surface area contributed by atoms with Gasteiger partial charge in [0.25, 0.3) is 0 Å². The number of rotatable bonds is 2. The summed E-state index contributed by atoms with van der Waals surface area (Å²) in [5.74, 6) is 5.87. The van der Waals surface area contributed by atoms with Crippen LogP contribution in [0.5, 0.6) is 0 Å². The van der Waals surface area contributed by atoms with Gasteiger partial charge in [0, 0.05) is 11.1 Å². The monoisotopic (exact) mass is 195 g/mol. The molecule has 74 valence electrons. The Balaban J connectivity index is 2.36. The molecule has 0 aliphatic carbocycles. The van der Waals surface area contributed by atoms with Gasteiger partial charge in [0.1, 0.15) is 0 Å². The van der Waals surface area contributed by atoms with Crippen LogP contribution in [0.25, 0.3) is 10.8 Å². The second-order valence-corrected chi connectivity index (χ2v) is 3.31. The Hall–Kier alpha value is -1.94. The molecule has 2 aromatic carbocycles. The maximum absolute atomic E-state index is 3.31. The Morgan fingerprint density at radius 2 is 1.87 bits per heavy atom. The fraction of sp³-hybridized carbons (Fsp3) is 0.143. The van der Waals surface area contributed by atoms with Crippen LogP contribution in [0, 0.1) is 11.8 Å². The summed E-state index contributed by atoms with van der Waals surface area (Å²) in [6.45, 7) is 2.55. The van der Waals surface area contributed by atoms with E-state index < -0.39 is 0 Å². The standard InChI is InChI=1S/C14H13N/c1-2-3-11-15-14-10-6-8-12-7-4-5-9-13(12)14/h4-10,15H,11H2,1H3. The lowest BCUT2D eigenvalue weighted by Gasteiger charge is -2.06. The van der Waals surface area contributed by atoms with Crippen molar-refractivity contribution >= 4 is 16.5 Å². The van der Waals surface area contributed by atoms with Crippen LogP contribution in [-0.4, -0.2) is 6.54 Å². The largest absolute Gasteiger partial charge is 0.374 e. The minimum Gasteiger partial charge on any atom is -0.374 e. The topological polar surface area (TPSA) is 12.0 Å². The summed E-state index contributed by atoms with van der Waals surface area (Å²) in [5.41, 5.74) is 1.15. The molecule has 0 fully saturated rings. The number of nitrogens with one attached hydrogen (secondary N) is 1. The Bertz CT molecular complexity index is 512. The Morgan fingerprint density at radius 1 is 1.07 bits per heavy atom. The second kappa shape index (κ2) is 4.52. The minimum atomic E-state index is 0.699. The second-order valence-electron chi connectivity index (χ2n) is 3.31. The molecule has 0 saturated carbocycles. The predicted molar refractivity (Wildman–Crippen MR) is 65.9 cm³/mol. The molecule has 0 unspecified atom stereocenters. The van der Waals surface area contributed by atoms with Gasteiger partial charge >= 0.3 is 0 Å². The van der Waals surface area contributed by atoms with Gasteiger partial charge in [-0.3, -0.25) is 0 Å². The molecule has 2 rings (SSSR count). The van der Waals surface area contributed by atoms with Crippen LogP contribution in [0.1, 0.15) is 6.92 Å². The number of fused-ring (bicyclic) bond motifs is 1. The summed E-state index contributed by atoms with van der Waals surface area (Å²) in [6.07, 6.45) is 0. The first-order valence-electron chi connectivity index (χ1n) is 5.03.